The maximum absolute atomic E-state index is 16.2. The fourth-order valence-corrected chi connectivity index (χ4v) is 5.84. The smallest absolute Gasteiger partial charge is 0.178 e. The average molecular weight is 575 g/mol. The molecule has 0 aliphatic heterocycles. The topological polar surface area (TPSA) is 125 Å². The van der Waals surface area contributed by atoms with E-state index in [9.17, 15) is 4.79 Å². The standard InChI is InChI=1S/C31H23FN8OS/c1-17(41)23-7-8-24(42-23)21-9-10-35-30-28(21)37-31(38-30)29-25-22(39-40-29)16-36-27(26(25)32)20-11-19(14-34-15-20)13-33-12-18-5-3-2-4-6-18/h2-11,14-16,33H,12-13H2,1H3,(H,39,40)(H,35,37,38). The number of ketones is 1. The van der Waals surface area contributed by atoms with Gasteiger partial charge in [-0.15, -0.1) is 11.3 Å². The molecule has 7 aromatic rings. The lowest BCUT2D eigenvalue weighted by molar-refractivity contribution is 0.102. The molecule has 1 aromatic carbocycles. The van der Waals surface area contributed by atoms with Crippen LogP contribution in [0.2, 0.25) is 0 Å². The van der Waals surface area contributed by atoms with Crippen molar-refractivity contribution in [3.05, 3.63) is 101 Å². The van der Waals surface area contributed by atoms with E-state index in [0.717, 1.165) is 16.0 Å². The number of thiophene rings is 1. The van der Waals surface area contributed by atoms with Gasteiger partial charge < -0.3 is 10.3 Å². The lowest BCUT2D eigenvalue weighted by Gasteiger charge is -2.08. The van der Waals surface area contributed by atoms with E-state index in [0.29, 0.717) is 51.7 Å². The van der Waals surface area contributed by atoms with Crippen LogP contribution in [0, 0.1) is 5.82 Å². The number of halogens is 1. The van der Waals surface area contributed by atoms with Gasteiger partial charge in [0.2, 0.25) is 0 Å². The van der Waals surface area contributed by atoms with Gasteiger partial charge in [-0.05, 0) is 42.3 Å². The number of benzene rings is 1. The van der Waals surface area contributed by atoms with Gasteiger partial charge in [-0.25, -0.2) is 14.4 Å². The highest BCUT2D eigenvalue weighted by Gasteiger charge is 2.22. The van der Waals surface area contributed by atoms with Crippen LogP contribution >= 0.6 is 11.3 Å². The summed E-state index contributed by atoms with van der Waals surface area (Å²) >= 11 is 1.40. The normalized spacial score (nSPS) is 11.5. The van der Waals surface area contributed by atoms with E-state index in [1.807, 2.05) is 36.4 Å². The molecule has 0 saturated heterocycles. The molecule has 0 unspecified atom stereocenters. The Kier molecular flexibility index (Phi) is 6.57. The molecule has 11 heteroatoms. The van der Waals surface area contributed by atoms with Crippen LogP contribution in [0.4, 0.5) is 4.39 Å². The van der Waals surface area contributed by atoms with Gasteiger partial charge in [-0.2, -0.15) is 5.10 Å². The molecule has 0 aliphatic rings. The third-order valence-electron chi connectivity index (χ3n) is 6.95. The van der Waals surface area contributed by atoms with E-state index >= 15 is 4.39 Å². The molecule has 0 atom stereocenters. The third kappa shape index (κ3) is 4.74. The van der Waals surface area contributed by atoms with E-state index < -0.39 is 5.82 Å². The fourth-order valence-electron chi connectivity index (χ4n) is 4.91. The molecule has 0 fully saturated rings. The van der Waals surface area contributed by atoms with Crippen molar-refractivity contribution in [1.29, 1.82) is 0 Å². The van der Waals surface area contributed by atoms with Gasteiger partial charge in [0.1, 0.15) is 11.4 Å². The van der Waals surface area contributed by atoms with E-state index in [2.05, 4.69) is 52.6 Å². The zero-order chi connectivity index (χ0) is 28.6. The molecule has 7 rings (SSSR count). The Morgan fingerprint density at radius 1 is 0.976 bits per heavy atom. The van der Waals surface area contributed by atoms with Crippen molar-refractivity contribution in [2.45, 2.75) is 20.0 Å². The summed E-state index contributed by atoms with van der Waals surface area (Å²) in [5, 5.41) is 10.9. The molecule has 0 radical (unpaired) electrons. The Hall–Kier alpha value is -5.13. The highest BCUT2D eigenvalue weighted by atomic mass is 32.1. The second-order valence-electron chi connectivity index (χ2n) is 9.82. The minimum Gasteiger partial charge on any atom is -0.335 e. The first-order valence-electron chi connectivity index (χ1n) is 13.2. The van der Waals surface area contributed by atoms with Crippen molar-refractivity contribution in [3.63, 3.8) is 0 Å². The van der Waals surface area contributed by atoms with Crippen LogP contribution in [-0.2, 0) is 13.1 Å². The van der Waals surface area contributed by atoms with E-state index in [4.69, 9.17) is 0 Å². The molecule has 0 bridgehead atoms. The Balaban J connectivity index is 1.23. The van der Waals surface area contributed by atoms with Gasteiger partial charge in [-0.1, -0.05) is 30.3 Å². The number of pyridine rings is 3. The summed E-state index contributed by atoms with van der Waals surface area (Å²) in [6.45, 7) is 2.82. The summed E-state index contributed by atoms with van der Waals surface area (Å²) in [5.41, 5.74) is 5.58. The summed E-state index contributed by atoms with van der Waals surface area (Å²) in [5.74, 6) is -0.146. The zero-order valence-electron chi connectivity index (χ0n) is 22.4. The number of H-pyrrole nitrogens is 2. The molecule has 206 valence electrons. The maximum Gasteiger partial charge on any atom is 0.178 e. The van der Waals surface area contributed by atoms with Gasteiger partial charge in [0.15, 0.2) is 23.1 Å². The second kappa shape index (κ2) is 10.7. The maximum atomic E-state index is 16.2. The van der Waals surface area contributed by atoms with Gasteiger partial charge in [0.05, 0.1) is 27.5 Å². The SMILES string of the molecule is CC(=O)c1ccc(-c2ccnc3nc(-c4n[nH]c5cnc(-c6cncc(CNCc7ccccc7)c6)c(F)c45)[nH]c23)s1. The predicted molar refractivity (Wildman–Crippen MR) is 160 cm³/mol. The Morgan fingerprint density at radius 3 is 2.67 bits per heavy atom. The highest BCUT2D eigenvalue weighted by Crippen LogP contribution is 2.36. The Morgan fingerprint density at radius 2 is 1.83 bits per heavy atom. The van der Waals surface area contributed by atoms with Crippen LogP contribution in [0.25, 0.3) is 55.3 Å². The molecule has 0 amide bonds. The van der Waals surface area contributed by atoms with Crippen LogP contribution in [0.5, 0.6) is 0 Å². The second-order valence-corrected chi connectivity index (χ2v) is 10.9. The monoisotopic (exact) mass is 574 g/mol. The first kappa shape index (κ1) is 25.8. The van der Waals surface area contributed by atoms with Crippen LogP contribution in [0.3, 0.4) is 0 Å². The molecule has 3 N–H and O–H groups in total. The van der Waals surface area contributed by atoms with Gasteiger partial charge in [0.25, 0.3) is 0 Å². The Labute approximate surface area is 242 Å². The first-order valence-corrected chi connectivity index (χ1v) is 14.0. The fraction of sp³-hybridized carbons (Fsp3) is 0.0968. The number of rotatable bonds is 8. The summed E-state index contributed by atoms with van der Waals surface area (Å²) in [7, 11) is 0. The summed E-state index contributed by atoms with van der Waals surface area (Å²) in [6, 6.07) is 17.6. The van der Waals surface area contributed by atoms with Crippen LogP contribution < -0.4 is 5.32 Å². The van der Waals surface area contributed by atoms with Crippen molar-refractivity contribution < 1.29 is 9.18 Å². The van der Waals surface area contributed by atoms with Crippen molar-refractivity contribution in [1.82, 2.24) is 40.4 Å². The number of nitrogens with zero attached hydrogens (tertiary/aromatic N) is 5. The quantitative estimate of drug-likeness (QED) is 0.181. The van der Waals surface area contributed by atoms with E-state index in [1.165, 1.54) is 16.9 Å². The number of aromatic amines is 2. The summed E-state index contributed by atoms with van der Waals surface area (Å²) < 4.78 is 16.2. The number of Topliss-reactive ketones (excluding diaryl/α,β-unsaturated/α-hetero) is 1. The number of hydrogen-bond acceptors (Lipinski definition) is 8. The number of fused-ring (bicyclic) bond motifs is 2. The summed E-state index contributed by atoms with van der Waals surface area (Å²) in [4.78, 5) is 34.4. The molecule has 0 aliphatic carbocycles. The van der Waals surface area contributed by atoms with Crippen molar-refractivity contribution in [3.8, 4) is 33.2 Å². The molecule has 42 heavy (non-hydrogen) atoms. The molecule has 0 spiro atoms. The number of carbonyl (C=O) groups excluding carboxylic acids is 1. The summed E-state index contributed by atoms with van der Waals surface area (Å²) in [6.07, 6.45) is 6.58. The highest BCUT2D eigenvalue weighted by molar-refractivity contribution is 7.17. The number of nitrogens with one attached hydrogen (secondary N) is 3. The van der Waals surface area contributed by atoms with Crippen LogP contribution in [-0.4, -0.2) is 40.9 Å². The lowest BCUT2D eigenvalue weighted by Crippen LogP contribution is -2.12. The first-order chi connectivity index (χ1) is 20.5. The molecular formula is C31H23FN8OS. The molecule has 0 saturated carbocycles. The average Bonchev–Trinajstić information content (AvgIpc) is 3.76. The van der Waals surface area contributed by atoms with Crippen molar-refractivity contribution in [2.24, 2.45) is 0 Å². The molecule has 6 heterocycles. The number of hydrogen-bond donors (Lipinski definition) is 3. The number of imidazole rings is 1. The van der Waals surface area contributed by atoms with Crippen LogP contribution in [0.1, 0.15) is 27.7 Å². The number of carbonyl (C=O) groups is 1. The van der Waals surface area contributed by atoms with Crippen molar-refractivity contribution in [2.75, 3.05) is 0 Å². The van der Waals surface area contributed by atoms with E-state index in [-0.39, 0.29) is 16.9 Å². The van der Waals surface area contributed by atoms with Gasteiger partial charge in [0, 0.05) is 47.7 Å². The van der Waals surface area contributed by atoms with Crippen LogP contribution in [0.15, 0.2) is 79.4 Å². The van der Waals surface area contributed by atoms with Gasteiger partial charge in [-0.3, -0.25) is 19.9 Å². The Bertz CT molecular complexity index is 2080. The van der Waals surface area contributed by atoms with Crippen molar-refractivity contribution >= 4 is 39.2 Å². The third-order valence-corrected chi connectivity index (χ3v) is 8.17. The zero-order valence-corrected chi connectivity index (χ0v) is 23.2. The van der Waals surface area contributed by atoms with E-state index in [1.54, 1.807) is 37.8 Å². The number of aromatic nitrogens is 7. The van der Waals surface area contributed by atoms with Gasteiger partial charge >= 0.3 is 0 Å². The lowest BCUT2D eigenvalue weighted by atomic mass is 10.1. The largest absolute Gasteiger partial charge is 0.335 e. The molecular weight excluding hydrogens is 551 g/mol. The molecule has 9 nitrogen and oxygen atoms in total. The minimum absolute atomic E-state index is 0.00825. The predicted octanol–water partition coefficient (Wildman–Crippen LogP) is 6.32. The minimum atomic E-state index is -0.523. The molecule has 6 aromatic heterocycles.